The van der Waals surface area contributed by atoms with Gasteiger partial charge in [0.15, 0.2) is 11.5 Å². The van der Waals surface area contributed by atoms with Gasteiger partial charge in [0.2, 0.25) is 5.88 Å². The Morgan fingerprint density at radius 2 is 2.04 bits per heavy atom. The SMILES string of the molecule is CCc1ccc(-c2nc3c(c(=O)[nH]2)Cc2cc(Br)cc(OC)c2O3)cc1. The molecule has 5 nitrogen and oxygen atoms in total. The number of rotatable bonds is 3. The average Bonchev–Trinajstić information content (AvgIpc) is 2.66. The molecule has 0 spiro atoms. The Bertz CT molecular complexity index is 1040. The van der Waals surface area contributed by atoms with E-state index in [0.29, 0.717) is 35.2 Å². The molecule has 2 heterocycles. The van der Waals surface area contributed by atoms with Crippen molar-refractivity contribution in [3.05, 3.63) is 67.9 Å². The first-order valence-electron chi connectivity index (χ1n) is 8.35. The third-order valence-electron chi connectivity index (χ3n) is 4.50. The number of aryl methyl sites for hydroxylation is 1. The molecule has 0 radical (unpaired) electrons. The van der Waals surface area contributed by atoms with Crippen LogP contribution in [0.5, 0.6) is 17.4 Å². The minimum Gasteiger partial charge on any atom is -0.493 e. The molecule has 1 aromatic heterocycles. The molecule has 0 aliphatic carbocycles. The Balaban J connectivity index is 1.79. The maximum Gasteiger partial charge on any atom is 0.258 e. The average molecular weight is 413 g/mol. The fraction of sp³-hybridized carbons (Fsp3) is 0.200. The van der Waals surface area contributed by atoms with Crippen LogP contribution >= 0.6 is 15.9 Å². The monoisotopic (exact) mass is 412 g/mol. The van der Waals surface area contributed by atoms with Gasteiger partial charge in [-0.05, 0) is 24.1 Å². The molecule has 1 aliphatic heterocycles. The fourth-order valence-electron chi connectivity index (χ4n) is 3.06. The third-order valence-corrected chi connectivity index (χ3v) is 4.95. The number of ether oxygens (including phenoxy) is 2. The number of aromatic amines is 1. The van der Waals surface area contributed by atoms with E-state index in [1.807, 2.05) is 36.4 Å². The Morgan fingerprint density at radius 3 is 2.73 bits per heavy atom. The maximum absolute atomic E-state index is 12.6. The van der Waals surface area contributed by atoms with E-state index in [2.05, 4.69) is 32.8 Å². The van der Waals surface area contributed by atoms with Crippen molar-refractivity contribution >= 4 is 15.9 Å². The van der Waals surface area contributed by atoms with Crippen LogP contribution in [0.15, 0.2) is 45.7 Å². The number of hydrogen-bond acceptors (Lipinski definition) is 4. The van der Waals surface area contributed by atoms with E-state index in [1.54, 1.807) is 7.11 Å². The van der Waals surface area contributed by atoms with Gasteiger partial charge in [-0.3, -0.25) is 4.79 Å². The zero-order valence-corrected chi connectivity index (χ0v) is 16.0. The zero-order chi connectivity index (χ0) is 18.3. The van der Waals surface area contributed by atoms with E-state index in [-0.39, 0.29) is 5.56 Å². The van der Waals surface area contributed by atoms with E-state index < -0.39 is 0 Å². The third kappa shape index (κ3) is 2.90. The molecule has 4 rings (SSSR count). The molecule has 1 N–H and O–H groups in total. The fourth-order valence-corrected chi connectivity index (χ4v) is 3.55. The smallest absolute Gasteiger partial charge is 0.258 e. The van der Waals surface area contributed by atoms with Gasteiger partial charge in [-0.15, -0.1) is 0 Å². The summed E-state index contributed by atoms with van der Waals surface area (Å²) in [6.07, 6.45) is 1.40. The van der Waals surface area contributed by atoms with E-state index >= 15 is 0 Å². The first-order chi connectivity index (χ1) is 12.6. The summed E-state index contributed by atoms with van der Waals surface area (Å²) < 4.78 is 12.2. The minimum atomic E-state index is -0.186. The van der Waals surface area contributed by atoms with Crippen LogP contribution in [0.3, 0.4) is 0 Å². The number of methoxy groups -OCH3 is 1. The lowest BCUT2D eigenvalue weighted by Gasteiger charge is -2.21. The van der Waals surface area contributed by atoms with E-state index in [1.165, 1.54) is 5.56 Å². The summed E-state index contributed by atoms with van der Waals surface area (Å²) in [5, 5.41) is 0. The second-order valence-electron chi connectivity index (χ2n) is 6.12. The molecule has 26 heavy (non-hydrogen) atoms. The van der Waals surface area contributed by atoms with Crippen molar-refractivity contribution in [3.63, 3.8) is 0 Å². The van der Waals surface area contributed by atoms with Gasteiger partial charge in [-0.2, -0.15) is 4.98 Å². The highest BCUT2D eigenvalue weighted by Gasteiger charge is 2.25. The highest BCUT2D eigenvalue weighted by molar-refractivity contribution is 9.10. The predicted molar refractivity (Wildman–Crippen MR) is 103 cm³/mol. The molecular weight excluding hydrogens is 396 g/mol. The number of aromatic nitrogens is 2. The molecule has 0 bridgehead atoms. The molecule has 0 fully saturated rings. The van der Waals surface area contributed by atoms with Crippen LogP contribution in [0.25, 0.3) is 11.4 Å². The number of hydrogen-bond donors (Lipinski definition) is 1. The van der Waals surface area contributed by atoms with Crippen molar-refractivity contribution in [1.29, 1.82) is 0 Å². The molecule has 2 aromatic carbocycles. The van der Waals surface area contributed by atoms with Crippen molar-refractivity contribution in [1.82, 2.24) is 9.97 Å². The van der Waals surface area contributed by atoms with Crippen LogP contribution in [-0.2, 0) is 12.8 Å². The molecule has 3 aromatic rings. The molecule has 0 saturated carbocycles. The minimum absolute atomic E-state index is 0.186. The van der Waals surface area contributed by atoms with E-state index in [0.717, 1.165) is 22.0 Å². The summed E-state index contributed by atoms with van der Waals surface area (Å²) >= 11 is 3.46. The Morgan fingerprint density at radius 1 is 1.27 bits per heavy atom. The summed E-state index contributed by atoms with van der Waals surface area (Å²) in [4.78, 5) is 20.0. The van der Waals surface area contributed by atoms with Crippen LogP contribution in [0.4, 0.5) is 0 Å². The largest absolute Gasteiger partial charge is 0.493 e. The lowest BCUT2D eigenvalue weighted by atomic mass is 10.0. The number of nitrogens with zero attached hydrogens (tertiary/aromatic N) is 1. The van der Waals surface area contributed by atoms with Gasteiger partial charge in [0, 0.05) is 22.0 Å². The first kappa shape index (κ1) is 16.8. The van der Waals surface area contributed by atoms with Gasteiger partial charge in [0.25, 0.3) is 5.56 Å². The molecular formula is C20H17BrN2O3. The normalized spacial score (nSPS) is 12.1. The highest BCUT2D eigenvalue weighted by Crippen LogP contribution is 2.42. The van der Waals surface area contributed by atoms with Crippen LogP contribution in [-0.4, -0.2) is 17.1 Å². The van der Waals surface area contributed by atoms with Crippen molar-refractivity contribution in [3.8, 4) is 28.8 Å². The number of nitrogens with one attached hydrogen (secondary N) is 1. The van der Waals surface area contributed by atoms with Crippen molar-refractivity contribution in [2.24, 2.45) is 0 Å². The maximum atomic E-state index is 12.6. The van der Waals surface area contributed by atoms with Crippen molar-refractivity contribution < 1.29 is 9.47 Å². The molecule has 0 unspecified atom stereocenters. The Hall–Kier alpha value is -2.60. The molecule has 0 amide bonds. The molecule has 0 atom stereocenters. The summed E-state index contributed by atoms with van der Waals surface area (Å²) in [6, 6.07) is 11.7. The van der Waals surface area contributed by atoms with Crippen LogP contribution in [0.2, 0.25) is 0 Å². The first-order valence-corrected chi connectivity index (χ1v) is 9.15. The van der Waals surface area contributed by atoms with Gasteiger partial charge < -0.3 is 14.5 Å². The van der Waals surface area contributed by atoms with E-state index in [9.17, 15) is 4.79 Å². The molecule has 6 heteroatoms. The Labute approximate surface area is 159 Å². The van der Waals surface area contributed by atoms with Gasteiger partial charge in [0.1, 0.15) is 5.82 Å². The van der Waals surface area contributed by atoms with Crippen LogP contribution in [0, 0.1) is 0 Å². The van der Waals surface area contributed by atoms with Crippen LogP contribution in [0.1, 0.15) is 23.6 Å². The summed E-state index contributed by atoms with van der Waals surface area (Å²) in [5.41, 5.74) is 3.30. The lowest BCUT2D eigenvalue weighted by molar-refractivity contribution is 0.364. The number of halogens is 1. The second kappa shape index (κ2) is 6.61. The van der Waals surface area contributed by atoms with Gasteiger partial charge in [0.05, 0.1) is 12.7 Å². The van der Waals surface area contributed by atoms with E-state index in [4.69, 9.17) is 9.47 Å². The zero-order valence-electron chi connectivity index (χ0n) is 14.4. The second-order valence-corrected chi connectivity index (χ2v) is 7.04. The summed E-state index contributed by atoms with van der Waals surface area (Å²) in [5.74, 6) is 2.04. The lowest BCUT2D eigenvalue weighted by Crippen LogP contribution is -2.20. The summed E-state index contributed by atoms with van der Waals surface area (Å²) in [6.45, 7) is 2.10. The Kier molecular flexibility index (Phi) is 4.28. The number of H-pyrrole nitrogens is 1. The topological polar surface area (TPSA) is 64.2 Å². The van der Waals surface area contributed by atoms with Gasteiger partial charge in [-0.25, -0.2) is 0 Å². The highest BCUT2D eigenvalue weighted by atomic mass is 79.9. The van der Waals surface area contributed by atoms with Crippen LogP contribution < -0.4 is 15.0 Å². The molecule has 1 aliphatic rings. The number of benzene rings is 2. The standard InChI is InChI=1S/C20H17BrN2O3/c1-3-11-4-6-12(7-5-11)18-22-19(24)15-9-13-8-14(21)10-16(25-2)17(13)26-20(15)23-18/h4-8,10H,3,9H2,1-2H3,(H,22,23,24). The predicted octanol–water partition coefficient (Wildman–Crippen LogP) is 4.47. The van der Waals surface area contributed by atoms with Crippen molar-refractivity contribution in [2.75, 3.05) is 7.11 Å². The van der Waals surface area contributed by atoms with Gasteiger partial charge in [-0.1, -0.05) is 47.1 Å². The quantitative estimate of drug-likeness (QED) is 0.539. The van der Waals surface area contributed by atoms with Gasteiger partial charge >= 0.3 is 0 Å². The van der Waals surface area contributed by atoms with Crippen molar-refractivity contribution in [2.45, 2.75) is 19.8 Å². The number of fused-ring (bicyclic) bond motifs is 2. The summed E-state index contributed by atoms with van der Waals surface area (Å²) in [7, 11) is 1.59. The molecule has 132 valence electrons. The molecule has 0 saturated heterocycles.